The van der Waals surface area contributed by atoms with Crippen LogP contribution in [0.25, 0.3) is 11.1 Å². The predicted molar refractivity (Wildman–Crippen MR) is 76.4 cm³/mol. The first kappa shape index (κ1) is 13.8. The number of aromatic amines is 1. The lowest BCUT2D eigenvalue weighted by Gasteiger charge is -2.24. The Labute approximate surface area is 112 Å². The van der Waals surface area contributed by atoms with E-state index in [0.29, 0.717) is 11.6 Å². The van der Waals surface area contributed by atoms with Crippen LogP contribution in [-0.4, -0.2) is 37.6 Å². The smallest absolute Gasteiger partial charge is 0.408 e. The van der Waals surface area contributed by atoms with Crippen molar-refractivity contribution in [1.82, 2.24) is 15.2 Å². The van der Waals surface area contributed by atoms with Gasteiger partial charge in [-0.25, -0.2) is 4.79 Å². The van der Waals surface area contributed by atoms with Crippen LogP contribution in [0.2, 0.25) is 0 Å². The summed E-state index contributed by atoms with van der Waals surface area (Å²) in [4.78, 5) is 16.0. The van der Waals surface area contributed by atoms with Crippen LogP contribution in [0.1, 0.15) is 24.4 Å². The van der Waals surface area contributed by atoms with Gasteiger partial charge in [0.2, 0.25) is 0 Å². The standard InChI is InChI=1S/C14H21N3O2/c1-15-8-4-5-12(17(2)3)10-6-7-11-13(9-10)19-14(18)16-11/h6-7,9,12,15H,4-5,8H2,1-3H3,(H,16,18). The van der Waals surface area contributed by atoms with Gasteiger partial charge in [-0.3, -0.25) is 4.98 Å². The first-order valence-electron chi connectivity index (χ1n) is 6.55. The minimum absolute atomic E-state index is 0.331. The summed E-state index contributed by atoms with van der Waals surface area (Å²) in [5, 5.41) is 3.16. The number of nitrogens with one attached hydrogen (secondary N) is 2. The Balaban J connectivity index is 2.25. The van der Waals surface area contributed by atoms with Crippen molar-refractivity contribution in [2.75, 3.05) is 27.7 Å². The van der Waals surface area contributed by atoms with E-state index in [0.717, 1.165) is 24.9 Å². The number of oxazole rings is 1. The molecule has 1 heterocycles. The number of rotatable bonds is 6. The van der Waals surface area contributed by atoms with Gasteiger partial charge in [-0.05, 0) is 58.2 Å². The molecule has 2 rings (SSSR count). The van der Waals surface area contributed by atoms with Crippen LogP contribution < -0.4 is 11.1 Å². The van der Waals surface area contributed by atoms with Crippen molar-refractivity contribution in [3.05, 3.63) is 34.3 Å². The average molecular weight is 263 g/mol. The molecule has 2 aromatic rings. The summed E-state index contributed by atoms with van der Waals surface area (Å²) >= 11 is 0. The van der Waals surface area contributed by atoms with Crippen LogP contribution in [0.5, 0.6) is 0 Å². The maximum absolute atomic E-state index is 11.2. The summed E-state index contributed by atoms with van der Waals surface area (Å²) in [5.41, 5.74) is 2.56. The summed E-state index contributed by atoms with van der Waals surface area (Å²) in [6.07, 6.45) is 2.17. The number of nitrogens with zero attached hydrogens (tertiary/aromatic N) is 1. The molecule has 0 aliphatic rings. The number of benzene rings is 1. The molecule has 1 aromatic carbocycles. The third-order valence-corrected chi connectivity index (χ3v) is 3.36. The van der Waals surface area contributed by atoms with Crippen molar-refractivity contribution in [3.63, 3.8) is 0 Å². The van der Waals surface area contributed by atoms with Gasteiger partial charge in [-0.2, -0.15) is 0 Å². The van der Waals surface area contributed by atoms with E-state index < -0.39 is 5.76 Å². The minimum Gasteiger partial charge on any atom is -0.408 e. The molecular weight excluding hydrogens is 242 g/mol. The minimum atomic E-state index is -0.399. The van der Waals surface area contributed by atoms with Crippen molar-refractivity contribution in [3.8, 4) is 0 Å². The van der Waals surface area contributed by atoms with E-state index in [1.807, 2.05) is 19.2 Å². The van der Waals surface area contributed by atoms with Gasteiger partial charge in [0.25, 0.3) is 0 Å². The highest BCUT2D eigenvalue weighted by Gasteiger charge is 2.15. The van der Waals surface area contributed by atoms with Gasteiger partial charge in [0.05, 0.1) is 5.52 Å². The van der Waals surface area contributed by atoms with Crippen molar-refractivity contribution in [2.45, 2.75) is 18.9 Å². The number of hydrogen-bond donors (Lipinski definition) is 2. The Hall–Kier alpha value is -1.59. The fourth-order valence-electron chi connectivity index (χ4n) is 2.36. The summed E-state index contributed by atoms with van der Waals surface area (Å²) in [7, 11) is 6.11. The Morgan fingerprint density at radius 2 is 2.21 bits per heavy atom. The van der Waals surface area contributed by atoms with E-state index in [9.17, 15) is 4.79 Å². The number of aromatic nitrogens is 1. The lowest BCUT2D eigenvalue weighted by atomic mass is 10.0. The van der Waals surface area contributed by atoms with Crippen LogP contribution in [0, 0.1) is 0 Å². The topological polar surface area (TPSA) is 61.3 Å². The predicted octanol–water partition coefficient (Wildman–Crippen LogP) is 1.72. The number of fused-ring (bicyclic) bond motifs is 1. The number of H-pyrrole nitrogens is 1. The highest BCUT2D eigenvalue weighted by molar-refractivity contribution is 5.72. The summed E-state index contributed by atoms with van der Waals surface area (Å²) in [5.74, 6) is -0.399. The molecule has 1 atom stereocenters. The second kappa shape index (κ2) is 6.04. The fraction of sp³-hybridized carbons (Fsp3) is 0.500. The maximum Gasteiger partial charge on any atom is 0.417 e. The monoisotopic (exact) mass is 263 g/mol. The molecule has 0 saturated carbocycles. The first-order chi connectivity index (χ1) is 9.11. The summed E-state index contributed by atoms with van der Waals surface area (Å²) in [6, 6.07) is 6.25. The van der Waals surface area contributed by atoms with Crippen molar-refractivity contribution >= 4 is 11.1 Å². The van der Waals surface area contributed by atoms with Gasteiger partial charge < -0.3 is 14.6 Å². The van der Waals surface area contributed by atoms with E-state index in [1.54, 1.807) is 0 Å². The van der Waals surface area contributed by atoms with Gasteiger partial charge >= 0.3 is 5.76 Å². The Morgan fingerprint density at radius 3 is 2.89 bits per heavy atom. The molecule has 1 aromatic heterocycles. The van der Waals surface area contributed by atoms with Gasteiger partial charge in [-0.1, -0.05) is 6.07 Å². The third kappa shape index (κ3) is 3.24. The zero-order chi connectivity index (χ0) is 13.8. The molecule has 1 unspecified atom stereocenters. The van der Waals surface area contributed by atoms with Gasteiger partial charge in [-0.15, -0.1) is 0 Å². The lowest BCUT2D eigenvalue weighted by Crippen LogP contribution is -2.21. The van der Waals surface area contributed by atoms with Gasteiger partial charge in [0.1, 0.15) is 0 Å². The molecule has 19 heavy (non-hydrogen) atoms. The van der Waals surface area contributed by atoms with E-state index in [2.05, 4.69) is 35.4 Å². The molecule has 0 aliphatic heterocycles. The van der Waals surface area contributed by atoms with Gasteiger partial charge in [0, 0.05) is 6.04 Å². The highest BCUT2D eigenvalue weighted by Crippen LogP contribution is 2.25. The van der Waals surface area contributed by atoms with Crippen LogP contribution in [0.15, 0.2) is 27.4 Å². The van der Waals surface area contributed by atoms with E-state index >= 15 is 0 Å². The molecule has 5 heteroatoms. The Morgan fingerprint density at radius 1 is 1.42 bits per heavy atom. The largest absolute Gasteiger partial charge is 0.417 e. The second-order valence-corrected chi connectivity index (χ2v) is 5.00. The molecule has 2 N–H and O–H groups in total. The van der Waals surface area contributed by atoms with E-state index in [1.165, 1.54) is 5.56 Å². The molecule has 104 valence electrons. The van der Waals surface area contributed by atoms with E-state index in [-0.39, 0.29) is 0 Å². The second-order valence-electron chi connectivity index (χ2n) is 5.00. The molecule has 0 spiro atoms. The zero-order valence-electron chi connectivity index (χ0n) is 11.7. The van der Waals surface area contributed by atoms with Crippen LogP contribution >= 0.6 is 0 Å². The SMILES string of the molecule is CNCCCC(c1ccc2[nH]c(=O)oc2c1)N(C)C. The maximum atomic E-state index is 11.2. The van der Waals surface area contributed by atoms with Gasteiger partial charge in [0.15, 0.2) is 5.58 Å². The zero-order valence-corrected chi connectivity index (χ0v) is 11.7. The Kier molecular flexibility index (Phi) is 4.39. The molecule has 0 fully saturated rings. The quantitative estimate of drug-likeness (QED) is 0.779. The normalized spacial score (nSPS) is 13.3. The molecule has 0 saturated heterocycles. The molecule has 0 radical (unpaired) electrons. The molecule has 0 bridgehead atoms. The summed E-state index contributed by atoms with van der Waals surface area (Å²) in [6.45, 7) is 1.01. The third-order valence-electron chi connectivity index (χ3n) is 3.36. The molecule has 0 aliphatic carbocycles. The lowest BCUT2D eigenvalue weighted by molar-refractivity contribution is 0.279. The van der Waals surface area contributed by atoms with Crippen molar-refractivity contribution in [2.24, 2.45) is 0 Å². The van der Waals surface area contributed by atoms with Crippen LogP contribution in [0.4, 0.5) is 0 Å². The van der Waals surface area contributed by atoms with E-state index in [4.69, 9.17) is 4.42 Å². The average Bonchev–Trinajstić information content (AvgIpc) is 2.73. The number of hydrogen-bond acceptors (Lipinski definition) is 4. The summed E-state index contributed by atoms with van der Waals surface area (Å²) < 4.78 is 5.12. The van der Waals surface area contributed by atoms with Crippen LogP contribution in [-0.2, 0) is 0 Å². The molecule has 5 nitrogen and oxygen atoms in total. The fourth-order valence-corrected chi connectivity index (χ4v) is 2.36. The first-order valence-corrected chi connectivity index (χ1v) is 6.55. The Bertz CT molecular complexity index is 586. The van der Waals surface area contributed by atoms with Crippen molar-refractivity contribution < 1.29 is 4.42 Å². The molecule has 0 amide bonds. The molecular formula is C14H21N3O2. The van der Waals surface area contributed by atoms with Crippen LogP contribution in [0.3, 0.4) is 0 Å². The van der Waals surface area contributed by atoms with Crippen molar-refractivity contribution in [1.29, 1.82) is 0 Å². The highest BCUT2D eigenvalue weighted by atomic mass is 16.4.